The van der Waals surface area contributed by atoms with Crippen molar-refractivity contribution in [3.05, 3.63) is 0 Å². The topological polar surface area (TPSA) is 57.5 Å². The second-order valence-electron chi connectivity index (χ2n) is 3.15. The van der Waals surface area contributed by atoms with Crippen LogP contribution in [0, 0.1) is 0 Å². The zero-order valence-corrected chi connectivity index (χ0v) is 10.0. The number of hydrogen-bond donors (Lipinski definition) is 2. The van der Waals surface area contributed by atoms with Crippen molar-refractivity contribution in [3.63, 3.8) is 0 Å². The molecule has 0 bridgehead atoms. The molecular formula is C8H19CuO3P. The molecule has 1 atom stereocenters. The van der Waals surface area contributed by atoms with Crippen LogP contribution in [0.25, 0.3) is 0 Å². The molecule has 0 aliphatic rings. The summed E-state index contributed by atoms with van der Waals surface area (Å²) < 4.78 is 10.9. The molecule has 0 amide bonds. The molecule has 0 aromatic heterocycles. The molecule has 0 saturated carbocycles. The van der Waals surface area contributed by atoms with Gasteiger partial charge >= 0.3 is 7.60 Å². The molecule has 3 nitrogen and oxygen atoms in total. The van der Waals surface area contributed by atoms with E-state index in [1.807, 2.05) is 6.92 Å². The monoisotopic (exact) mass is 257 g/mol. The molecule has 0 aromatic carbocycles. The minimum atomic E-state index is -3.82. The summed E-state index contributed by atoms with van der Waals surface area (Å²) in [5, 5.41) is 0. The molecule has 0 aliphatic carbocycles. The third-order valence-corrected chi connectivity index (χ3v) is 3.66. The normalized spacial score (nSPS) is 13.5. The van der Waals surface area contributed by atoms with Gasteiger partial charge in [0.05, 0.1) is 5.66 Å². The van der Waals surface area contributed by atoms with Gasteiger partial charge in [0.15, 0.2) is 0 Å². The molecule has 0 aliphatic heterocycles. The Balaban J connectivity index is 0. The van der Waals surface area contributed by atoms with Crippen LogP contribution in [-0.4, -0.2) is 15.4 Å². The van der Waals surface area contributed by atoms with Crippen LogP contribution in [-0.2, 0) is 21.6 Å². The molecule has 0 saturated heterocycles. The first-order valence-corrected chi connectivity index (χ1v) is 6.25. The fourth-order valence-corrected chi connectivity index (χ4v) is 2.23. The predicted octanol–water partition coefficient (Wildman–Crippen LogP) is 2.52. The van der Waals surface area contributed by atoms with Gasteiger partial charge in [-0.25, -0.2) is 0 Å². The van der Waals surface area contributed by atoms with E-state index < -0.39 is 13.3 Å². The predicted molar refractivity (Wildman–Crippen MR) is 50.3 cm³/mol. The van der Waals surface area contributed by atoms with Crippen molar-refractivity contribution in [3.8, 4) is 0 Å². The Morgan fingerprint density at radius 3 is 2.08 bits per heavy atom. The Morgan fingerprint density at radius 2 is 1.77 bits per heavy atom. The first kappa shape index (κ1) is 16.1. The second kappa shape index (κ2) is 8.02. The van der Waals surface area contributed by atoms with Crippen molar-refractivity contribution < 1.29 is 31.4 Å². The van der Waals surface area contributed by atoms with Crippen LogP contribution < -0.4 is 0 Å². The average Bonchev–Trinajstić information content (AvgIpc) is 1.95. The van der Waals surface area contributed by atoms with Crippen LogP contribution in [0.1, 0.15) is 46.0 Å². The summed E-state index contributed by atoms with van der Waals surface area (Å²) >= 11 is 0. The molecule has 5 heteroatoms. The van der Waals surface area contributed by atoms with Gasteiger partial charge in [0.2, 0.25) is 0 Å². The molecule has 13 heavy (non-hydrogen) atoms. The Labute approximate surface area is 90.9 Å². The Morgan fingerprint density at radius 1 is 1.23 bits per heavy atom. The maximum Gasteiger partial charge on any atom is 0.328 e. The van der Waals surface area contributed by atoms with Crippen LogP contribution in [0.3, 0.4) is 0 Å². The number of hydrogen-bond acceptors (Lipinski definition) is 1. The van der Waals surface area contributed by atoms with Gasteiger partial charge in [0.1, 0.15) is 0 Å². The quantitative estimate of drug-likeness (QED) is 0.437. The molecule has 85 valence electrons. The molecule has 1 radical (unpaired) electrons. The van der Waals surface area contributed by atoms with Gasteiger partial charge in [-0.1, -0.05) is 33.1 Å². The summed E-state index contributed by atoms with van der Waals surface area (Å²) in [6.45, 7) is 3.91. The van der Waals surface area contributed by atoms with Gasteiger partial charge in [-0.3, -0.25) is 4.57 Å². The van der Waals surface area contributed by atoms with Gasteiger partial charge < -0.3 is 9.79 Å². The fraction of sp³-hybridized carbons (Fsp3) is 1.00. The third kappa shape index (κ3) is 7.72. The maximum atomic E-state index is 10.9. The van der Waals surface area contributed by atoms with Gasteiger partial charge in [0, 0.05) is 17.1 Å². The average molecular weight is 258 g/mol. The van der Waals surface area contributed by atoms with Crippen LogP contribution in [0.15, 0.2) is 0 Å². The smallest absolute Gasteiger partial charge is 0.324 e. The fourth-order valence-electron chi connectivity index (χ4n) is 1.24. The summed E-state index contributed by atoms with van der Waals surface area (Å²) in [5.74, 6) is 0. The van der Waals surface area contributed by atoms with Gasteiger partial charge in [0.25, 0.3) is 0 Å². The standard InChI is InChI=1S/C8H19O3P.Cu/c1-3-5-6-7-8(4-2)12(9,10)11;/h8H,3-7H2,1-2H3,(H2,9,10,11);. The molecular weight excluding hydrogens is 239 g/mol. The largest absolute Gasteiger partial charge is 0.328 e. The van der Waals surface area contributed by atoms with Crippen molar-refractivity contribution in [2.45, 2.75) is 51.6 Å². The third-order valence-electron chi connectivity index (χ3n) is 2.09. The van der Waals surface area contributed by atoms with E-state index in [4.69, 9.17) is 9.79 Å². The van der Waals surface area contributed by atoms with Crippen LogP contribution >= 0.6 is 7.60 Å². The Kier molecular flexibility index (Phi) is 9.94. The van der Waals surface area contributed by atoms with Crippen molar-refractivity contribution in [2.24, 2.45) is 0 Å². The summed E-state index contributed by atoms with van der Waals surface area (Å²) in [6, 6.07) is 0. The van der Waals surface area contributed by atoms with E-state index in [1.165, 1.54) is 0 Å². The minimum Gasteiger partial charge on any atom is -0.324 e. The molecule has 0 fully saturated rings. The maximum absolute atomic E-state index is 10.9. The second-order valence-corrected chi connectivity index (χ2v) is 5.06. The summed E-state index contributed by atoms with van der Waals surface area (Å²) in [6.07, 6.45) is 4.33. The van der Waals surface area contributed by atoms with Crippen LogP contribution in [0.2, 0.25) is 0 Å². The van der Waals surface area contributed by atoms with E-state index in [9.17, 15) is 4.57 Å². The van der Waals surface area contributed by atoms with Crippen molar-refractivity contribution >= 4 is 7.60 Å². The van der Waals surface area contributed by atoms with Crippen molar-refractivity contribution in [1.82, 2.24) is 0 Å². The molecule has 0 heterocycles. The molecule has 0 rings (SSSR count). The minimum absolute atomic E-state index is 0. The van der Waals surface area contributed by atoms with Crippen molar-refractivity contribution in [1.29, 1.82) is 0 Å². The van der Waals surface area contributed by atoms with E-state index in [2.05, 4.69) is 6.92 Å². The van der Waals surface area contributed by atoms with E-state index >= 15 is 0 Å². The van der Waals surface area contributed by atoms with Crippen LogP contribution in [0.5, 0.6) is 0 Å². The van der Waals surface area contributed by atoms with Gasteiger partial charge in [-0.05, 0) is 12.8 Å². The van der Waals surface area contributed by atoms with E-state index in [0.29, 0.717) is 12.8 Å². The molecule has 0 spiro atoms. The SMILES string of the molecule is CCCCCC(CC)P(=O)(O)O.[Cu]. The summed E-state index contributed by atoms with van der Waals surface area (Å²) in [7, 11) is -3.82. The first-order chi connectivity index (χ1) is 5.52. The summed E-state index contributed by atoms with van der Waals surface area (Å²) in [5.41, 5.74) is -0.413. The summed E-state index contributed by atoms with van der Waals surface area (Å²) in [4.78, 5) is 17.8. The van der Waals surface area contributed by atoms with E-state index in [1.54, 1.807) is 0 Å². The van der Waals surface area contributed by atoms with Crippen molar-refractivity contribution in [2.75, 3.05) is 0 Å². The zero-order valence-electron chi connectivity index (χ0n) is 8.16. The van der Waals surface area contributed by atoms with Crippen LogP contribution in [0.4, 0.5) is 0 Å². The first-order valence-electron chi connectivity index (χ1n) is 4.57. The van der Waals surface area contributed by atoms with Gasteiger partial charge in [-0.15, -0.1) is 0 Å². The number of unbranched alkanes of at least 4 members (excludes halogenated alkanes) is 2. The van der Waals surface area contributed by atoms with E-state index in [-0.39, 0.29) is 17.1 Å². The van der Waals surface area contributed by atoms with E-state index in [0.717, 1.165) is 19.3 Å². The zero-order chi connectivity index (χ0) is 9.61. The number of rotatable bonds is 6. The molecule has 1 unspecified atom stereocenters. The molecule has 0 aromatic rings. The molecule has 2 N–H and O–H groups in total. The van der Waals surface area contributed by atoms with Gasteiger partial charge in [-0.2, -0.15) is 0 Å². The Bertz CT molecular complexity index is 157. The Hall–Kier alpha value is 0.669.